The lowest BCUT2D eigenvalue weighted by Gasteiger charge is -2.31. The van der Waals surface area contributed by atoms with Gasteiger partial charge < -0.3 is 5.11 Å². The molecule has 1 amide bonds. The van der Waals surface area contributed by atoms with Crippen LogP contribution in [0.25, 0.3) is 0 Å². The first kappa shape index (κ1) is 16.4. The van der Waals surface area contributed by atoms with Crippen molar-refractivity contribution >= 4 is 11.8 Å². The molecule has 0 atom stereocenters. The van der Waals surface area contributed by atoms with E-state index in [9.17, 15) is 14.9 Å². The molecule has 0 aliphatic rings. The Hall–Kier alpha value is -2.62. The second-order valence-corrected chi connectivity index (χ2v) is 5.43. The third-order valence-electron chi connectivity index (χ3n) is 2.77. The summed E-state index contributed by atoms with van der Waals surface area (Å²) in [6, 6.07) is 1.33. The third kappa shape index (κ3) is 4.45. The highest BCUT2D eigenvalue weighted by Gasteiger charge is 2.24. The highest BCUT2D eigenvalue weighted by atomic mass is 16.6. The highest BCUT2D eigenvalue weighted by Crippen LogP contribution is 2.16. The number of rotatable bonds is 2. The van der Waals surface area contributed by atoms with Crippen molar-refractivity contribution in [3.05, 3.63) is 33.6 Å². The van der Waals surface area contributed by atoms with Crippen molar-refractivity contribution in [2.75, 3.05) is 6.54 Å². The quantitative estimate of drug-likeness (QED) is 0.513. The summed E-state index contributed by atoms with van der Waals surface area (Å²) in [6.45, 7) is 6.85. The maximum absolute atomic E-state index is 11.1. The minimum atomic E-state index is -1.06. The summed E-state index contributed by atoms with van der Waals surface area (Å²) < 4.78 is 0. The van der Waals surface area contributed by atoms with Gasteiger partial charge >= 0.3 is 6.09 Å². The lowest BCUT2D eigenvalue weighted by molar-refractivity contribution is -0.385. The van der Waals surface area contributed by atoms with E-state index in [1.165, 1.54) is 17.2 Å². The average molecular weight is 291 g/mol. The predicted molar refractivity (Wildman–Crippen MR) is 77.0 cm³/mol. The first-order chi connectivity index (χ1) is 9.62. The second kappa shape index (κ2) is 6.22. The smallest absolute Gasteiger partial charge is 0.408 e. The molecular formula is C14H17N3O4. The van der Waals surface area contributed by atoms with Crippen LogP contribution in [0, 0.1) is 28.9 Å². The van der Waals surface area contributed by atoms with Gasteiger partial charge in [0, 0.05) is 23.4 Å². The van der Waals surface area contributed by atoms with E-state index in [-0.39, 0.29) is 12.2 Å². The van der Waals surface area contributed by atoms with E-state index >= 15 is 0 Å². The zero-order chi connectivity index (χ0) is 16.2. The van der Waals surface area contributed by atoms with Gasteiger partial charge in [-0.2, -0.15) is 0 Å². The van der Waals surface area contributed by atoms with E-state index in [0.29, 0.717) is 11.3 Å². The molecule has 0 saturated carbocycles. The van der Waals surface area contributed by atoms with Gasteiger partial charge in [0.2, 0.25) is 0 Å². The number of nitrogens with zero attached hydrogens (tertiary/aromatic N) is 3. The highest BCUT2D eigenvalue weighted by molar-refractivity contribution is 5.66. The Labute approximate surface area is 122 Å². The molecule has 112 valence electrons. The maximum Gasteiger partial charge on any atom is 0.408 e. The first-order valence-corrected chi connectivity index (χ1v) is 6.23. The average Bonchev–Trinajstić information content (AvgIpc) is 2.33. The molecule has 7 heteroatoms. The van der Waals surface area contributed by atoms with Crippen molar-refractivity contribution < 1.29 is 14.8 Å². The van der Waals surface area contributed by atoms with Crippen LogP contribution in [0.15, 0.2) is 12.3 Å². The van der Waals surface area contributed by atoms with E-state index in [4.69, 9.17) is 5.11 Å². The number of carboxylic acid groups (broad SMARTS) is 1. The Balaban J connectivity index is 2.95. The molecule has 0 aliphatic heterocycles. The van der Waals surface area contributed by atoms with Crippen molar-refractivity contribution in [3.63, 3.8) is 0 Å². The third-order valence-corrected chi connectivity index (χ3v) is 2.77. The fourth-order valence-corrected chi connectivity index (χ4v) is 1.59. The normalized spacial score (nSPS) is 10.5. The van der Waals surface area contributed by atoms with Crippen LogP contribution in [0.3, 0.4) is 0 Å². The molecule has 0 aromatic carbocycles. The molecule has 21 heavy (non-hydrogen) atoms. The van der Waals surface area contributed by atoms with Gasteiger partial charge in [-0.25, -0.2) is 4.79 Å². The van der Waals surface area contributed by atoms with Crippen molar-refractivity contribution in [3.8, 4) is 11.8 Å². The van der Waals surface area contributed by atoms with E-state index < -0.39 is 16.6 Å². The molecule has 7 nitrogen and oxygen atoms in total. The van der Waals surface area contributed by atoms with Crippen LogP contribution < -0.4 is 0 Å². The fourth-order valence-electron chi connectivity index (χ4n) is 1.59. The summed E-state index contributed by atoms with van der Waals surface area (Å²) >= 11 is 0. The minimum Gasteiger partial charge on any atom is -0.465 e. The number of aromatic nitrogens is 1. The monoisotopic (exact) mass is 291 g/mol. The second-order valence-electron chi connectivity index (χ2n) is 5.43. The van der Waals surface area contributed by atoms with E-state index in [2.05, 4.69) is 16.8 Å². The lowest BCUT2D eigenvalue weighted by Crippen LogP contribution is -2.45. The van der Waals surface area contributed by atoms with E-state index in [1.807, 2.05) is 0 Å². The molecule has 1 N–H and O–H groups in total. The molecule has 0 radical (unpaired) electrons. The van der Waals surface area contributed by atoms with Gasteiger partial charge in [-0.05, 0) is 27.7 Å². The summed E-state index contributed by atoms with van der Waals surface area (Å²) in [5.41, 5.74) is 0.0181. The molecule has 0 saturated heterocycles. The van der Waals surface area contributed by atoms with Gasteiger partial charge in [0.1, 0.15) is 5.69 Å². The van der Waals surface area contributed by atoms with Crippen LogP contribution in [0.1, 0.15) is 32.0 Å². The van der Waals surface area contributed by atoms with Crippen LogP contribution in [0.4, 0.5) is 10.5 Å². The fraction of sp³-hybridized carbons (Fsp3) is 0.429. The Kier molecular flexibility index (Phi) is 4.87. The van der Waals surface area contributed by atoms with Crippen molar-refractivity contribution in [2.45, 2.75) is 33.2 Å². The molecule has 0 spiro atoms. The number of hydrogen-bond donors (Lipinski definition) is 1. The molecule has 0 fully saturated rings. The van der Waals surface area contributed by atoms with Crippen LogP contribution >= 0.6 is 0 Å². The predicted octanol–water partition coefficient (Wildman–Crippen LogP) is 2.43. The summed E-state index contributed by atoms with van der Waals surface area (Å²) in [5.74, 6) is 5.41. The number of pyridine rings is 1. The van der Waals surface area contributed by atoms with Gasteiger partial charge in [0.25, 0.3) is 5.69 Å². The van der Waals surface area contributed by atoms with Crippen molar-refractivity contribution in [2.24, 2.45) is 0 Å². The molecule has 1 heterocycles. The Morgan fingerprint density at radius 1 is 1.52 bits per heavy atom. The molecule has 0 aliphatic carbocycles. The Morgan fingerprint density at radius 3 is 2.62 bits per heavy atom. The largest absolute Gasteiger partial charge is 0.465 e. The van der Waals surface area contributed by atoms with Crippen molar-refractivity contribution in [1.29, 1.82) is 0 Å². The zero-order valence-corrected chi connectivity index (χ0v) is 12.4. The lowest BCUT2D eigenvalue weighted by atomic mass is 10.1. The van der Waals surface area contributed by atoms with Crippen LogP contribution in [0.5, 0.6) is 0 Å². The molecule has 1 aromatic heterocycles. The van der Waals surface area contributed by atoms with Gasteiger partial charge in [-0.1, -0.05) is 11.8 Å². The Morgan fingerprint density at radius 2 is 2.14 bits per heavy atom. The van der Waals surface area contributed by atoms with Gasteiger partial charge in [-0.3, -0.25) is 20.0 Å². The summed E-state index contributed by atoms with van der Waals surface area (Å²) in [7, 11) is 0. The van der Waals surface area contributed by atoms with Crippen LogP contribution in [-0.4, -0.2) is 38.1 Å². The molecule has 1 rings (SSSR count). The summed E-state index contributed by atoms with van der Waals surface area (Å²) in [5, 5.41) is 19.9. The standard InChI is InChI=1S/C14H17N3O4/c1-10-12(17(20)21)8-11(9-15-10)6-5-7-16(13(18)19)14(2,3)4/h8-9H,7H2,1-4H3,(H,18,19). The van der Waals surface area contributed by atoms with E-state index in [1.54, 1.807) is 27.7 Å². The van der Waals surface area contributed by atoms with Crippen LogP contribution in [-0.2, 0) is 0 Å². The number of nitro groups is 1. The first-order valence-electron chi connectivity index (χ1n) is 6.23. The summed E-state index contributed by atoms with van der Waals surface area (Å²) in [6.07, 6.45) is 0.363. The number of amides is 1. The molecule has 0 bridgehead atoms. The van der Waals surface area contributed by atoms with Gasteiger partial charge in [-0.15, -0.1) is 0 Å². The SMILES string of the molecule is Cc1ncc(C#CCN(C(=O)O)C(C)(C)C)cc1[N+](=O)[O-]. The van der Waals surface area contributed by atoms with E-state index in [0.717, 1.165) is 0 Å². The molecular weight excluding hydrogens is 274 g/mol. The van der Waals surface area contributed by atoms with Crippen LogP contribution in [0.2, 0.25) is 0 Å². The minimum absolute atomic E-state index is 0.0144. The topological polar surface area (TPSA) is 96.6 Å². The zero-order valence-electron chi connectivity index (χ0n) is 12.4. The number of aryl methyl sites for hydroxylation is 1. The van der Waals surface area contributed by atoms with Gasteiger partial charge in [0.15, 0.2) is 0 Å². The number of hydrogen-bond acceptors (Lipinski definition) is 4. The molecule has 0 unspecified atom stereocenters. The molecule has 1 aromatic rings. The van der Waals surface area contributed by atoms with Gasteiger partial charge in [0.05, 0.1) is 11.5 Å². The van der Waals surface area contributed by atoms with Crippen molar-refractivity contribution in [1.82, 2.24) is 9.88 Å². The Bertz CT molecular complexity index is 623. The summed E-state index contributed by atoms with van der Waals surface area (Å²) in [4.78, 5) is 26.5. The maximum atomic E-state index is 11.1. The number of carbonyl (C=O) groups is 1.